The molecule has 0 aliphatic carbocycles. The van der Waals surface area contributed by atoms with Crippen LogP contribution < -0.4 is 4.90 Å². The molecule has 0 fully saturated rings. The van der Waals surface area contributed by atoms with Crippen molar-refractivity contribution in [2.45, 2.75) is 26.7 Å². The van der Waals surface area contributed by atoms with E-state index in [4.69, 9.17) is 5.26 Å². The quantitative estimate of drug-likeness (QED) is 0.779. The van der Waals surface area contributed by atoms with Gasteiger partial charge in [-0.15, -0.1) is 0 Å². The highest BCUT2D eigenvalue weighted by molar-refractivity contribution is 9.10. The van der Waals surface area contributed by atoms with Crippen molar-refractivity contribution < 1.29 is 14.0 Å². The monoisotopic (exact) mass is 352 g/mol. The standard InChI is InChI=1S/C15H14BrFN2O2/c1-15(2,8-18)4-3-5-19-12-10(13(20)14(19)21)6-9(17)7-11(12)16/h6-7H,3-5H2,1-2H3. The number of carbonyl (C=O) groups is 2. The number of anilines is 1. The van der Waals surface area contributed by atoms with Crippen LogP contribution in [-0.4, -0.2) is 18.2 Å². The number of halogens is 2. The van der Waals surface area contributed by atoms with E-state index in [0.717, 1.165) is 6.07 Å². The van der Waals surface area contributed by atoms with Crippen LogP contribution in [0.3, 0.4) is 0 Å². The maximum atomic E-state index is 13.4. The molecule has 1 aliphatic heterocycles. The van der Waals surface area contributed by atoms with Crippen LogP contribution in [0.25, 0.3) is 0 Å². The molecule has 1 aromatic rings. The summed E-state index contributed by atoms with van der Waals surface area (Å²) in [6, 6.07) is 4.51. The first-order valence-corrected chi connectivity index (χ1v) is 7.32. The summed E-state index contributed by atoms with van der Waals surface area (Å²) >= 11 is 3.20. The molecule has 0 bridgehead atoms. The number of Topliss-reactive ketones (excluding diaryl/α,β-unsaturated/α-hetero) is 1. The molecule has 0 saturated heterocycles. The van der Waals surface area contributed by atoms with Crippen LogP contribution in [-0.2, 0) is 4.79 Å². The van der Waals surface area contributed by atoms with E-state index in [1.807, 2.05) is 13.8 Å². The molecule has 1 heterocycles. The molecule has 4 nitrogen and oxygen atoms in total. The van der Waals surface area contributed by atoms with Gasteiger partial charge in [0.05, 0.1) is 22.7 Å². The van der Waals surface area contributed by atoms with Crippen LogP contribution in [0.5, 0.6) is 0 Å². The van der Waals surface area contributed by atoms with Gasteiger partial charge in [0.15, 0.2) is 0 Å². The van der Waals surface area contributed by atoms with Gasteiger partial charge in [0.25, 0.3) is 11.7 Å². The second kappa shape index (κ2) is 5.57. The minimum Gasteiger partial charge on any atom is -0.304 e. The molecular weight excluding hydrogens is 339 g/mol. The molecule has 0 spiro atoms. The number of carbonyl (C=O) groups excluding carboxylic acids is 2. The van der Waals surface area contributed by atoms with Gasteiger partial charge in [0.1, 0.15) is 5.82 Å². The van der Waals surface area contributed by atoms with Gasteiger partial charge in [-0.1, -0.05) is 0 Å². The molecule has 6 heteroatoms. The van der Waals surface area contributed by atoms with Gasteiger partial charge in [-0.3, -0.25) is 9.59 Å². The third-order valence-electron chi connectivity index (χ3n) is 3.47. The van der Waals surface area contributed by atoms with E-state index in [2.05, 4.69) is 22.0 Å². The largest absolute Gasteiger partial charge is 0.304 e. The van der Waals surface area contributed by atoms with E-state index in [0.29, 0.717) is 29.5 Å². The van der Waals surface area contributed by atoms with Crippen LogP contribution in [0.4, 0.5) is 10.1 Å². The zero-order chi connectivity index (χ0) is 15.8. The molecule has 0 atom stereocenters. The minimum absolute atomic E-state index is 0.0893. The highest BCUT2D eigenvalue weighted by atomic mass is 79.9. The summed E-state index contributed by atoms with van der Waals surface area (Å²) in [5, 5.41) is 8.98. The van der Waals surface area contributed by atoms with Crippen molar-refractivity contribution in [3.05, 3.63) is 28.0 Å². The van der Waals surface area contributed by atoms with Crippen molar-refractivity contribution in [1.29, 1.82) is 5.26 Å². The van der Waals surface area contributed by atoms with E-state index in [9.17, 15) is 14.0 Å². The second-order valence-corrected chi connectivity index (χ2v) is 6.52. The van der Waals surface area contributed by atoms with E-state index in [1.165, 1.54) is 11.0 Å². The summed E-state index contributed by atoms with van der Waals surface area (Å²) in [5.41, 5.74) is 0.0305. The van der Waals surface area contributed by atoms with Gasteiger partial charge in [0.2, 0.25) is 0 Å². The van der Waals surface area contributed by atoms with Gasteiger partial charge in [-0.25, -0.2) is 4.39 Å². The maximum Gasteiger partial charge on any atom is 0.299 e. The molecule has 1 amide bonds. The fourth-order valence-electron chi connectivity index (χ4n) is 2.30. The Kier molecular flexibility index (Phi) is 4.15. The topological polar surface area (TPSA) is 61.2 Å². The van der Waals surface area contributed by atoms with Crippen LogP contribution in [0, 0.1) is 22.6 Å². The predicted octanol–water partition coefficient (Wildman–Crippen LogP) is 3.45. The zero-order valence-electron chi connectivity index (χ0n) is 11.7. The molecular formula is C15H14BrFN2O2. The molecule has 21 heavy (non-hydrogen) atoms. The summed E-state index contributed by atoms with van der Waals surface area (Å²) in [6.07, 6.45) is 1.19. The maximum absolute atomic E-state index is 13.4. The number of ketones is 1. The Morgan fingerprint density at radius 1 is 1.38 bits per heavy atom. The first kappa shape index (κ1) is 15.6. The Morgan fingerprint density at radius 2 is 2.05 bits per heavy atom. The van der Waals surface area contributed by atoms with Gasteiger partial charge in [0, 0.05) is 11.0 Å². The van der Waals surface area contributed by atoms with Crippen LogP contribution in [0.1, 0.15) is 37.0 Å². The summed E-state index contributed by atoms with van der Waals surface area (Å²) in [5.74, 6) is -1.90. The number of hydrogen-bond donors (Lipinski definition) is 0. The van der Waals surface area contributed by atoms with Gasteiger partial charge >= 0.3 is 0 Å². The van der Waals surface area contributed by atoms with Crippen molar-refractivity contribution in [2.75, 3.05) is 11.4 Å². The lowest BCUT2D eigenvalue weighted by Gasteiger charge is -2.20. The van der Waals surface area contributed by atoms with Crippen molar-refractivity contribution in [3.8, 4) is 6.07 Å². The normalized spacial score (nSPS) is 14.3. The Labute approximate surface area is 130 Å². The summed E-state index contributed by atoms with van der Waals surface area (Å²) < 4.78 is 13.7. The Bertz CT molecular complexity index is 664. The van der Waals surface area contributed by atoms with Crippen LogP contribution in [0.15, 0.2) is 16.6 Å². The fraction of sp³-hybridized carbons (Fsp3) is 0.400. The van der Waals surface area contributed by atoms with Crippen molar-refractivity contribution in [1.82, 2.24) is 0 Å². The van der Waals surface area contributed by atoms with Crippen molar-refractivity contribution in [3.63, 3.8) is 0 Å². The van der Waals surface area contributed by atoms with E-state index in [1.54, 1.807) is 0 Å². The summed E-state index contributed by atoms with van der Waals surface area (Å²) in [6.45, 7) is 3.97. The molecule has 0 N–H and O–H groups in total. The summed E-state index contributed by atoms with van der Waals surface area (Å²) in [4.78, 5) is 25.3. The zero-order valence-corrected chi connectivity index (χ0v) is 13.3. The molecule has 1 aromatic carbocycles. The first-order chi connectivity index (χ1) is 9.76. The molecule has 2 rings (SSSR count). The summed E-state index contributed by atoms with van der Waals surface area (Å²) in [7, 11) is 0. The SMILES string of the molecule is CC(C)(C#N)CCCN1C(=O)C(=O)c2cc(F)cc(Br)c21. The lowest BCUT2D eigenvalue weighted by Crippen LogP contribution is -2.31. The minimum atomic E-state index is -0.690. The van der Waals surface area contributed by atoms with E-state index in [-0.39, 0.29) is 5.56 Å². The number of rotatable bonds is 4. The highest BCUT2D eigenvalue weighted by Crippen LogP contribution is 2.37. The van der Waals surface area contributed by atoms with Crippen molar-refractivity contribution >= 4 is 33.3 Å². The number of fused-ring (bicyclic) bond motifs is 1. The number of nitrogens with zero attached hydrogens (tertiary/aromatic N) is 2. The molecule has 0 saturated carbocycles. The van der Waals surface area contributed by atoms with Crippen molar-refractivity contribution in [2.24, 2.45) is 5.41 Å². The number of nitriles is 1. The van der Waals surface area contributed by atoms with Gasteiger partial charge in [-0.2, -0.15) is 5.26 Å². The number of amides is 1. The lowest BCUT2D eigenvalue weighted by atomic mass is 9.90. The third kappa shape index (κ3) is 2.98. The first-order valence-electron chi connectivity index (χ1n) is 6.53. The van der Waals surface area contributed by atoms with Crippen LogP contribution in [0.2, 0.25) is 0 Å². The molecule has 110 valence electrons. The lowest BCUT2D eigenvalue weighted by molar-refractivity contribution is -0.114. The molecule has 0 unspecified atom stereocenters. The molecule has 0 radical (unpaired) electrons. The van der Waals surface area contributed by atoms with Gasteiger partial charge < -0.3 is 4.90 Å². The van der Waals surface area contributed by atoms with Gasteiger partial charge in [-0.05, 0) is 54.8 Å². The number of hydrogen-bond acceptors (Lipinski definition) is 3. The second-order valence-electron chi connectivity index (χ2n) is 5.67. The average Bonchev–Trinajstić information content (AvgIpc) is 2.64. The Morgan fingerprint density at radius 3 is 2.67 bits per heavy atom. The smallest absolute Gasteiger partial charge is 0.299 e. The number of benzene rings is 1. The Hall–Kier alpha value is -1.74. The van der Waals surface area contributed by atoms with E-state index < -0.39 is 22.9 Å². The third-order valence-corrected chi connectivity index (χ3v) is 4.07. The molecule has 1 aliphatic rings. The highest BCUT2D eigenvalue weighted by Gasteiger charge is 2.37. The molecule has 0 aromatic heterocycles. The average molecular weight is 353 g/mol. The van der Waals surface area contributed by atoms with E-state index >= 15 is 0 Å². The van der Waals surface area contributed by atoms with Crippen LogP contribution >= 0.6 is 15.9 Å². The fourth-order valence-corrected chi connectivity index (χ4v) is 2.95. The Balaban J connectivity index is 2.22. The predicted molar refractivity (Wildman–Crippen MR) is 79.4 cm³/mol.